The van der Waals surface area contributed by atoms with Gasteiger partial charge in [-0.25, -0.2) is 0 Å². The number of nitrogens with one attached hydrogen (secondary N) is 1. The standard InChI is InChI=1S/C22H16N2O3S/c1-2-24-17-9-8-14(11-20(17)28-22(24)26)23-21(25)19-12-16-15-6-4-3-5-13(15)7-10-18(16)27-19/h3-12H,2H2,1H3,(H,23,25). The van der Waals surface area contributed by atoms with E-state index in [4.69, 9.17) is 4.42 Å². The number of hydrogen-bond donors (Lipinski definition) is 1. The molecule has 3 aromatic carbocycles. The van der Waals surface area contributed by atoms with Crippen molar-refractivity contribution in [2.24, 2.45) is 0 Å². The second-order valence-electron chi connectivity index (χ2n) is 6.56. The zero-order chi connectivity index (χ0) is 19.3. The van der Waals surface area contributed by atoms with Gasteiger partial charge in [-0.2, -0.15) is 0 Å². The molecule has 0 aliphatic heterocycles. The molecule has 0 fully saturated rings. The first kappa shape index (κ1) is 16.8. The van der Waals surface area contributed by atoms with E-state index < -0.39 is 0 Å². The molecule has 0 saturated heterocycles. The van der Waals surface area contributed by atoms with Gasteiger partial charge in [0.2, 0.25) is 0 Å². The minimum absolute atomic E-state index is 0.00476. The second kappa shape index (κ2) is 6.35. The third-order valence-electron chi connectivity index (χ3n) is 4.89. The summed E-state index contributed by atoms with van der Waals surface area (Å²) in [7, 11) is 0. The van der Waals surface area contributed by atoms with Crippen LogP contribution in [0, 0.1) is 0 Å². The molecule has 0 aliphatic rings. The van der Waals surface area contributed by atoms with Crippen molar-refractivity contribution in [1.29, 1.82) is 0 Å². The fraction of sp³-hybridized carbons (Fsp3) is 0.0909. The number of aryl methyl sites for hydroxylation is 1. The van der Waals surface area contributed by atoms with Crippen LogP contribution < -0.4 is 10.2 Å². The van der Waals surface area contributed by atoms with Crippen molar-refractivity contribution in [2.75, 3.05) is 5.32 Å². The number of benzene rings is 3. The topological polar surface area (TPSA) is 64.2 Å². The highest BCUT2D eigenvalue weighted by molar-refractivity contribution is 7.16. The predicted molar refractivity (Wildman–Crippen MR) is 113 cm³/mol. The van der Waals surface area contributed by atoms with E-state index in [0.717, 1.165) is 26.4 Å². The first-order chi connectivity index (χ1) is 13.6. The third kappa shape index (κ3) is 2.61. The zero-order valence-electron chi connectivity index (χ0n) is 15.1. The summed E-state index contributed by atoms with van der Waals surface area (Å²) in [5.74, 6) is -0.0623. The van der Waals surface area contributed by atoms with E-state index in [-0.39, 0.29) is 16.5 Å². The van der Waals surface area contributed by atoms with Gasteiger partial charge in [-0.1, -0.05) is 41.7 Å². The molecule has 0 saturated carbocycles. The molecule has 0 bridgehead atoms. The Morgan fingerprint density at radius 1 is 1.07 bits per heavy atom. The van der Waals surface area contributed by atoms with E-state index >= 15 is 0 Å². The molecule has 0 atom stereocenters. The molecular weight excluding hydrogens is 372 g/mol. The van der Waals surface area contributed by atoms with E-state index in [1.807, 2.05) is 55.5 Å². The molecule has 5 nitrogen and oxygen atoms in total. The van der Waals surface area contributed by atoms with Crippen molar-refractivity contribution >= 4 is 54.9 Å². The van der Waals surface area contributed by atoms with Gasteiger partial charge in [0.05, 0.1) is 10.2 Å². The Labute approximate surface area is 163 Å². The number of fused-ring (bicyclic) bond motifs is 4. The number of aromatic nitrogens is 1. The maximum absolute atomic E-state index is 12.7. The first-order valence-electron chi connectivity index (χ1n) is 9.00. The lowest BCUT2D eigenvalue weighted by atomic mass is 10.1. The second-order valence-corrected chi connectivity index (χ2v) is 7.55. The lowest BCUT2D eigenvalue weighted by molar-refractivity contribution is 0.0998. The highest BCUT2D eigenvalue weighted by Crippen LogP contribution is 2.29. The van der Waals surface area contributed by atoms with Gasteiger partial charge in [-0.15, -0.1) is 0 Å². The van der Waals surface area contributed by atoms with Gasteiger partial charge in [-0.05, 0) is 48.0 Å². The average Bonchev–Trinajstić information content (AvgIpc) is 3.28. The van der Waals surface area contributed by atoms with Crippen LogP contribution in [-0.4, -0.2) is 10.5 Å². The highest BCUT2D eigenvalue weighted by atomic mass is 32.1. The van der Waals surface area contributed by atoms with Gasteiger partial charge in [0.1, 0.15) is 5.58 Å². The lowest BCUT2D eigenvalue weighted by Crippen LogP contribution is -2.11. The van der Waals surface area contributed by atoms with Gasteiger partial charge >= 0.3 is 4.87 Å². The normalized spacial score (nSPS) is 11.5. The molecule has 0 aliphatic carbocycles. The van der Waals surface area contributed by atoms with Gasteiger partial charge in [0, 0.05) is 17.6 Å². The SMILES string of the molecule is CCn1c(=O)sc2cc(NC(=O)c3cc4c(ccc5ccccc54)o3)ccc21. The largest absolute Gasteiger partial charge is 0.451 e. The van der Waals surface area contributed by atoms with Crippen LogP contribution in [0.15, 0.2) is 69.9 Å². The van der Waals surface area contributed by atoms with E-state index in [0.29, 0.717) is 17.8 Å². The number of carbonyl (C=O) groups excluding carboxylic acids is 1. The van der Waals surface area contributed by atoms with Crippen LogP contribution in [0.25, 0.3) is 32.0 Å². The Morgan fingerprint density at radius 2 is 1.93 bits per heavy atom. The zero-order valence-corrected chi connectivity index (χ0v) is 15.9. The number of nitrogens with zero attached hydrogens (tertiary/aromatic N) is 1. The van der Waals surface area contributed by atoms with Crippen molar-refractivity contribution in [3.8, 4) is 0 Å². The van der Waals surface area contributed by atoms with E-state index in [1.54, 1.807) is 16.7 Å². The number of amides is 1. The Balaban J connectivity index is 1.50. The maximum atomic E-state index is 12.7. The molecule has 5 aromatic rings. The van der Waals surface area contributed by atoms with Gasteiger partial charge < -0.3 is 9.73 Å². The summed E-state index contributed by atoms with van der Waals surface area (Å²) in [6, 6.07) is 19.1. The lowest BCUT2D eigenvalue weighted by Gasteiger charge is -2.04. The molecule has 0 radical (unpaired) electrons. The van der Waals surface area contributed by atoms with E-state index in [9.17, 15) is 9.59 Å². The molecule has 6 heteroatoms. The fourth-order valence-electron chi connectivity index (χ4n) is 3.54. The van der Waals surface area contributed by atoms with Gasteiger partial charge in [0.15, 0.2) is 5.76 Å². The monoisotopic (exact) mass is 388 g/mol. The number of carbonyl (C=O) groups is 1. The summed E-state index contributed by atoms with van der Waals surface area (Å²) in [6.45, 7) is 2.56. The van der Waals surface area contributed by atoms with Crippen LogP contribution >= 0.6 is 11.3 Å². The average molecular weight is 388 g/mol. The summed E-state index contributed by atoms with van der Waals surface area (Å²) >= 11 is 1.18. The van der Waals surface area contributed by atoms with Gasteiger partial charge in [0.25, 0.3) is 5.91 Å². The number of anilines is 1. The Hall–Kier alpha value is -3.38. The summed E-state index contributed by atoms with van der Waals surface area (Å²) in [5, 5.41) is 5.93. The van der Waals surface area contributed by atoms with Crippen molar-refractivity contribution < 1.29 is 9.21 Å². The van der Waals surface area contributed by atoms with Crippen LogP contribution in [0.3, 0.4) is 0 Å². The quantitative estimate of drug-likeness (QED) is 0.460. The molecule has 2 aromatic heterocycles. The molecule has 5 rings (SSSR count). The summed E-state index contributed by atoms with van der Waals surface area (Å²) in [6.07, 6.45) is 0. The maximum Gasteiger partial charge on any atom is 0.308 e. The van der Waals surface area contributed by atoms with Crippen LogP contribution in [0.4, 0.5) is 5.69 Å². The molecule has 28 heavy (non-hydrogen) atoms. The number of rotatable bonds is 3. The first-order valence-corrected chi connectivity index (χ1v) is 9.82. The van der Waals surface area contributed by atoms with Crippen LogP contribution in [0.1, 0.15) is 17.5 Å². The fourth-order valence-corrected chi connectivity index (χ4v) is 4.54. The summed E-state index contributed by atoms with van der Waals surface area (Å²) in [4.78, 5) is 24.7. The Morgan fingerprint density at radius 3 is 2.79 bits per heavy atom. The Kier molecular flexibility index (Phi) is 3.80. The molecule has 0 unspecified atom stereocenters. The van der Waals surface area contributed by atoms with Crippen molar-refractivity contribution in [3.05, 3.63) is 76.1 Å². The Bertz CT molecular complexity index is 1420. The number of furan rings is 1. The minimum Gasteiger partial charge on any atom is -0.451 e. The van der Waals surface area contributed by atoms with Crippen LogP contribution in [-0.2, 0) is 6.54 Å². The predicted octanol–water partition coefficient (Wildman–Crippen LogP) is 5.23. The summed E-state index contributed by atoms with van der Waals surface area (Å²) in [5.41, 5.74) is 2.19. The van der Waals surface area contributed by atoms with Crippen molar-refractivity contribution in [1.82, 2.24) is 4.57 Å². The number of thiazole rings is 1. The molecule has 1 N–H and O–H groups in total. The molecule has 2 heterocycles. The van der Waals surface area contributed by atoms with Gasteiger partial charge in [-0.3, -0.25) is 14.2 Å². The molecule has 1 amide bonds. The molecular formula is C22H16N2O3S. The summed E-state index contributed by atoms with van der Waals surface area (Å²) < 4.78 is 8.34. The van der Waals surface area contributed by atoms with Crippen LogP contribution in [0.5, 0.6) is 0 Å². The minimum atomic E-state index is -0.318. The van der Waals surface area contributed by atoms with E-state index in [1.165, 1.54) is 11.3 Å². The van der Waals surface area contributed by atoms with Crippen molar-refractivity contribution in [2.45, 2.75) is 13.5 Å². The molecule has 138 valence electrons. The smallest absolute Gasteiger partial charge is 0.308 e. The van der Waals surface area contributed by atoms with Crippen LogP contribution in [0.2, 0.25) is 0 Å². The van der Waals surface area contributed by atoms with E-state index in [2.05, 4.69) is 5.32 Å². The third-order valence-corrected chi connectivity index (χ3v) is 5.83. The van der Waals surface area contributed by atoms with Crippen molar-refractivity contribution in [3.63, 3.8) is 0 Å². The molecule has 0 spiro atoms. The number of hydrogen-bond acceptors (Lipinski definition) is 4. The highest BCUT2D eigenvalue weighted by Gasteiger charge is 2.15.